The molecule has 3 aromatic rings. The summed E-state index contributed by atoms with van der Waals surface area (Å²) in [6.07, 6.45) is 1.25. The Morgan fingerprint density at radius 3 is 1.89 bits per heavy atom. The molecule has 3 aromatic carbocycles. The molecule has 1 amide bonds. The van der Waals surface area contributed by atoms with Gasteiger partial charge in [-0.2, -0.15) is 0 Å². The zero-order valence-electron chi connectivity index (χ0n) is 21.0. The Hall–Kier alpha value is -3.48. The summed E-state index contributed by atoms with van der Waals surface area (Å²) >= 11 is 0. The van der Waals surface area contributed by atoms with E-state index < -0.39 is 0 Å². The molecule has 0 bridgehead atoms. The number of rotatable bonds is 11. The van der Waals surface area contributed by atoms with Crippen molar-refractivity contribution in [2.75, 3.05) is 38.1 Å². The van der Waals surface area contributed by atoms with Gasteiger partial charge in [0.2, 0.25) is 0 Å². The molecule has 1 aliphatic heterocycles. The number of ether oxygens (including phenoxy) is 1. The smallest absolute Gasteiger partial charge is 0.262 e. The number of hydrogen-bond acceptors (Lipinski definition) is 5. The van der Waals surface area contributed by atoms with Crippen LogP contribution in [0.3, 0.4) is 0 Å². The Labute approximate surface area is 213 Å². The van der Waals surface area contributed by atoms with E-state index in [1.807, 2.05) is 36.4 Å². The minimum Gasteiger partial charge on any atom is -0.484 e. The van der Waals surface area contributed by atoms with Gasteiger partial charge in [-0.05, 0) is 54.3 Å². The number of piperazine rings is 1. The first-order chi connectivity index (χ1) is 17.5. The second kappa shape index (κ2) is 13.0. The van der Waals surface area contributed by atoms with Crippen LogP contribution >= 0.6 is 0 Å². The number of carbonyl (C=O) groups is 2. The molecule has 1 heterocycles. The van der Waals surface area contributed by atoms with E-state index in [1.54, 1.807) is 6.92 Å². The van der Waals surface area contributed by atoms with Crippen molar-refractivity contribution >= 4 is 17.4 Å². The van der Waals surface area contributed by atoms with Gasteiger partial charge in [0.1, 0.15) is 11.5 Å². The van der Waals surface area contributed by atoms with Crippen LogP contribution in [0, 0.1) is 0 Å². The van der Waals surface area contributed by atoms with Crippen molar-refractivity contribution in [1.82, 2.24) is 9.80 Å². The molecule has 6 nitrogen and oxygen atoms in total. The third-order valence-corrected chi connectivity index (χ3v) is 6.42. The predicted octanol–water partition coefficient (Wildman–Crippen LogP) is 4.54. The predicted molar refractivity (Wildman–Crippen MR) is 143 cm³/mol. The van der Waals surface area contributed by atoms with Crippen molar-refractivity contribution in [2.45, 2.75) is 32.9 Å². The molecule has 1 aliphatic rings. The van der Waals surface area contributed by atoms with Crippen molar-refractivity contribution in [2.24, 2.45) is 0 Å². The molecule has 0 spiro atoms. The Morgan fingerprint density at radius 1 is 0.750 bits per heavy atom. The molecule has 0 unspecified atom stereocenters. The van der Waals surface area contributed by atoms with E-state index in [0.717, 1.165) is 56.9 Å². The maximum Gasteiger partial charge on any atom is 0.262 e. The molecule has 0 aliphatic carbocycles. The molecule has 1 fully saturated rings. The lowest BCUT2D eigenvalue weighted by atomic mass is 10.1. The topological polar surface area (TPSA) is 61.9 Å². The maximum atomic E-state index is 12.3. The number of ketones is 1. The lowest BCUT2D eigenvalue weighted by Gasteiger charge is -2.34. The van der Waals surface area contributed by atoms with Gasteiger partial charge >= 0.3 is 0 Å². The normalized spacial score (nSPS) is 14.4. The third kappa shape index (κ3) is 8.33. The third-order valence-electron chi connectivity index (χ3n) is 6.42. The zero-order chi connectivity index (χ0) is 25.2. The van der Waals surface area contributed by atoms with E-state index in [9.17, 15) is 9.59 Å². The summed E-state index contributed by atoms with van der Waals surface area (Å²) in [5.74, 6) is 0.617. The molecule has 1 N–H and O–H groups in total. The molecular weight excluding hydrogens is 450 g/mol. The zero-order valence-corrected chi connectivity index (χ0v) is 21.0. The van der Waals surface area contributed by atoms with Crippen LogP contribution in [0.1, 0.15) is 30.0 Å². The quantitative estimate of drug-likeness (QED) is 0.432. The Bertz CT molecular complexity index is 1110. The SMILES string of the molecule is CC(=O)CCc1ccc(OCC(=O)Nc2ccc(CN3CCN(Cc4ccccc4)CC3)cc2)cc1. The molecule has 1 saturated heterocycles. The lowest BCUT2D eigenvalue weighted by molar-refractivity contribution is -0.118. The lowest BCUT2D eigenvalue weighted by Crippen LogP contribution is -2.45. The van der Waals surface area contributed by atoms with E-state index in [1.165, 1.54) is 11.1 Å². The van der Waals surface area contributed by atoms with Gasteiger partial charge in [0.15, 0.2) is 6.61 Å². The first kappa shape index (κ1) is 25.6. The molecule has 6 heteroatoms. The molecular formula is C30H35N3O3. The fourth-order valence-electron chi connectivity index (χ4n) is 4.32. The number of nitrogens with one attached hydrogen (secondary N) is 1. The van der Waals surface area contributed by atoms with Crippen LogP contribution in [0.4, 0.5) is 5.69 Å². The van der Waals surface area contributed by atoms with Crippen LogP contribution in [0.2, 0.25) is 0 Å². The fourth-order valence-corrected chi connectivity index (χ4v) is 4.32. The van der Waals surface area contributed by atoms with Gasteiger partial charge in [-0.15, -0.1) is 0 Å². The van der Waals surface area contributed by atoms with Gasteiger partial charge in [0.05, 0.1) is 0 Å². The summed E-state index contributed by atoms with van der Waals surface area (Å²) in [4.78, 5) is 28.4. The summed E-state index contributed by atoms with van der Waals surface area (Å²) in [6, 6.07) is 26.2. The van der Waals surface area contributed by atoms with E-state index >= 15 is 0 Å². The fraction of sp³-hybridized carbons (Fsp3) is 0.333. The van der Waals surface area contributed by atoms with Gasteiger partial charge in [-0.3, -0.25) is 14.6 Å². The number of benzene rings is 3. The summed E-state index contributed by atoms with van der Waals surface area (Å²) in [5, 5.41) is 2.89. The number of nitrogens with zero attached hydrogens (tertiary/aromatic N) is 2. The molecule has 0 saturated carbocycles. The van der Waals surface area contributed by atoms with Crippen LogP contribution in [-0.2, 0) is 29.1 Å². The molecule has 36 heavy (non-hydrogen) atoms. The second-order valence-electron chi connectivity index (χ2n) is 9.42. The Balaban J connectivity index is 1.16. The monoisotopic (exact) mass is 485 g/mol. The van der Waals surface area contributed by atoms with Crippen LogP contribution in [0.25, 0.3) is 0 Å². The molecule has 0 radical (unpaired) electrons. The standard InChI is InChI=1S/C30H35N3O3/c1-24(34)7-8-25-11-15-29(16-12-25)36-23-30(35)31-28-13-9-27(10-14-28)22-33-19-17-32(18-20-33)21-26-5-3-2-4-6-26/h2-6,9-16H,7-8,17-23H2,1H3,(H,31,35). The van der Waals surface area contributed by atoms with E-state index in [4.69, 9.17) is 4.74 Å². The van der Waals surface area contributed by atoms with Gasteiger partial charge in [0.25, 0.3) is 5.91 Å². The average molecular weight is 486 g/mol. The number of anilines is 1. The summed E-state index contributed by atoms with van der Waals surface area (Å²) in [5.41, 5.74) is 4.45. The minimum absolute atomic E-state index is 0.0538. The number of Topliss-reactive ketones (excluding diaryl/α,β-unsaturated/α-hetero) is 1. The molecule has 188 valence electrons. The average Bonchev–Trinajstić information content (AvgIpc) is 2.90. The Kier molecular flexibility index (Phi) is 9.25. The van der Waals surface area contributed by atoms with Crippen LogP contribution in [-0.4, -0.2) is 54.3 Å². The van der Waals surface area contributed by atoms with Gasteiger partial charge < -0.3 is 14.8 Å². The Morgan fingerprint density at radius 2 is 1.31 bits per heavy atom. The number of aryl methyl sites for hydroxylation is 1. The highest BCUT2D eigenvalue weighted by atomic mass is 16.5. The number of amides is 1. The summed E-state index contributed by atoms with van der Waals surface area (Å²) < 4.78 is 5.60. The number of hydrogen-bond donors (Lipinski definition) is 1. The van der Waals surface area contributed by atoms with E-state index in [2.05, 4.69) is 57.6 Å². The second-order valence-corrected chi connectivity index (χ2v) is 9.42. The highest BCUT2D eigenvalue weighted by molar-refractivity contribution is 5.91. The van der Waals surface area contributed by atoms with Gasteiger partial charge in [0, 0.05) is 51.4 Å². The van der Waals surface area contributed by atoms with Crippen LogP contribution < -0.4 is 10.1 Å². The molecule has 0 atom stereocenters. The van der Waals surface area contributed by atoms with Crippen LogP contribution in [0.5, 0.6) is 5.75 Å². The van der Waals surface area contributed by atoms with E-state index in [-0.39, 0.29) is 18.3 Å². The van der Waals surface area contributed by atoms with E-state index in [0.29, 0.717) is 12.2 Å². The summed E-state index contributed by atoms with van der Waals surface area (Å²) in [7, 11) is 0. The highest BCUT2D eigenvalue weighted by Crippen LogP contribution is 2.16. The first-order valence-electron chi connectivity index (χ1n) is 12.6. The largest absolute Gasteiger partial charge is 0.484 e. The highest BCUT2D eigenvalue weighted by Gasteiger charge is 2.17. The van der Waals surface area contributed by atoms with Crippen LogP contribution in [0.15, 0.2) is 78.9 Å². The van der Waals surface area contributed by atoms with Crippen molar-refractivity contribution < 1.29 is 14.3 Å². The molecule has 4 rings (SSSR count). The van der Waals surface area contributed by atoms with Crippen molar-refractivity contribution in [3.8, 4) is 5.75 Å². The maximum absolute atomic E-state index is 12.3. The molecule has 0 aromatic heterocycles. The van der Waals surface area contributed by atoms with Gasteiger partial charge in [-0.1, -0.05) is 54.6 Å². The van der Waals surface area contributed by atoms with Gasteiger partial charge in [-0.25, -0.2) is 0 Å². The first-order valence-corrected chi connectivity index (χ1v) is 12.6. The number of carbonyl (C=O) groups excluding carboxylic acids is 2. The van der Waals surface area contributed by atoms with Crippen molar-refractivity contribution in [3.05, 3.63) is 95.6 Å². The van der Waals surface area contributed by atoms with Crippen molar-refractivity contribution in [3.63, 3.8) is 0 Å². The summed E-state index contributed by atoms with van der Waals surface area (Å²) in [6.45, 7) is 7.73. The van der Waals surface area contributed by atoms with Crippen molar-refractivity contribution in [1.29, 1.82) is 0 Å². The minimum atomic E-state index is -0.196.